The van der Waals surface area contributed by atoms with Crippen LogP contribution in [0.15, 0.2) is 18.5 Å². The van der Waals surface area contributed by atoms with Crippen LogP contribution < -0.4 is 10.6 Å². The topological polar surface area (TPSA) is 54.0 Å². The Balaban J connectivity index is 1.90. The molecule has 80 valence electrons. The van der Waals surface area contributed by atoms with Gasteiger partial charge in [-0.3, -0.25) is 4.98 Å². The molecule has 15 heavy (non-hydrogen) atoms. The molecule has 0 bridgehead atoms. The average molecular weight is 205 g/mol. The first-order valence-electron chi connectivity index (χ1n) is 5.24. The molecule has 4 heteroatoms. The number of hydrogen-bond acceptors (Lipinski definition) is 2. The summed E-state index contributed by atoms with van der Waals surface area (Å²) in [5, 5.41) is 5.74. The molecule has 0 atom stereocenters. The summed E-state index contributed by atoms with van der Waals surface area (Å²) in [4.78, 5) is 15.5. The van der Waals surface area contributed by atoms with Crippen molar-refractivity contribution in [3.63, 3.8) is 0 Å². The number of anilines is 1. The number of urea groups is 1. The standard InChI is InChI=1S/C11H15N3O/c1-8-7-12-6-5-10(8)14-11(15)13-9-3-2-4-9/h5-7,9H,2-4H2,1H3,(H2,12,13,14,15). The summed E-state index contributed by atoms with van der Waals surface area (Å²) >= 11 is 0. The van der Waals surface area contributed by atoms with Crippen LogP contribution in [0.5, 0.6) is 0 Å². The van der Waals surface area contributed by atoms with Gasteiger partial charge in [0.15, 0.2) is 0 Å². The quantitative estimate of drug-likeness (QED) is 0.776. The van der Waals surface area contributed by atoms with Crippen molar-refractivity contribution in [3.05, 3.63) is 24.0 Å². The molecule has 0 unspecified atom stereocenters. The van der Waals surface area contributed by atoms with Crippen LogP contribution in [0.4, 0.5) is 10.5 Å². The molecule has 0 spiro atoms. The molecule has 1 aromatic rings. The summed E-state index contributed by atoms with van der Waals surface area (Å²) in [5.74, 6) is 0. The maximum absolute atomic E-state index is 11.5. The van der Waals surface area contributed by atoms with E-state index in [0.29, 0.717) is 6.04 Å². The minimum Gasteiger partial charge on any atom is -0.335 e. The van der Waals surface area contributed by atoms with E-state index in [4.69, 9.17) is 0 Å². The van der Waals surface area contributed by atoms with Crippen LogP contribution in [0.3, 0.4) is 0 Å². The average Bonchev–Trinajstić information content (AvgIpc) is 2.16. The van der Waals surface area contributed by atoms with Crippen molar-refractivity contribution >= 4 is 11.7 Å². The van der Waals surface area contributed by atoms with E-state index in [-0.39, 0.29) is 6.03 Å². The molecule has 1 fully saturated rings. The smallest absolute Gasteiger partial charge is 0.319 e. The zero-order valence-electron chi connectivity index (χ0n) is 8.79. The number of rotatable bonds is 2. The third kappa shape index (κ3) is 2.46. The lowest BCUT2D eigenvalue weighted by Crippen LogP contribution is -2.41. The van der Waals surface area contributed by atoms with E-state index in [1.165, 1.54) is 6.42 Å². The number of nitrogens with zero attached hydrogens (tertiary/aromatic N) is 1. The van der Waals surface area contributed by atoms with Gasteiger partial charge in [0, 0.05) is 24.1 Å². The maximum Gasteiger partial charge on any atom is 0.319 e. The van der Waals surface area contributed by atoms with Gasteiger partial charge in [0.2, 0.25) is 0 Å². The van der Waals surface area contributed by atoms with Gasteiger partial charge in [0.25, 0.3) is 0 Å². The Labute approximate surface area is 89.1 Å². The van der Waals surface area contributed by atoms with Crippen LogP contribution in [0.1, 0.15) is 24.8 Å². The Kier molecular flexibility index (Phi) is 2.85. The Morgan fingerprint density at radius 3 is 2.93 bits per heavy atom. The van der Waals surface area contributed by atoms with Crippen molar-refractivity contribution in [1.29, 1.82) is 0 Å². The van der Waals surface area contributed by atoms with Gasteiger partial charge in [-0.1, -0.05) is 0 Å². The van der Waals surface area contributed by atoms with E-state index in [1.807, 2.05) is 6.92 Å². The largest absolute Gasteiger partial charge is 0.335 e. The maximum atomic E-state index is 11.5. The number of hydrogen-bond donors (Lipinski definition) is 2. The number of pyridine rings is 1. The highest BCUT2D eigenvalue weighted by Crippen LogP contribution is 2.18. The minimum absolute atomic E-state index is 0.117. The van der Waals surface area contributed by atoms with Crippen LogP contribution in [-0.2, 0) is 0 Å². The van der Waals surface area contributed by atoms with Crippen molar-refractivity contribution in [3.8, 4) is 0 Å². The molecule has 4 nitrogen and oxygen atoms in total. The fourth-order valence-electron chi connectivity index (χ4n) is 1.51. The minimum atomic E-state index is -0.117. The predicted octanol–water partition coefficient (Wildman–Crippen LogP) is 2.06. The summed E-state index contributed by atoms with van der Waals surface area (Å²) in [6.45, 7) is 1.92. The number of nitrogens with one attached hydrogen (secondary N) is 2. The normalized spacial score (nSPS) is 15.5. The van der Waals surface area contributed by atoms with Crippen molar-refractivity contribution in [2.45, 2.75) is 32.2 Å². The second-order valence-electron chi connectivity index (χ2n) is 3.92. The van der Waals surface area contributed by atoms with E-state index in [2.05, 4.69) is 15.6 Å². The van der Waals surface area contributed by atoms with E-state index < -0.39 is 0 Å². The number of amides is 2. The molecule has 0 aromatic carbocycles. The van der Waals surface area contributed by atoms with E-state index in [0.717, 1.165) is 24.1 Å². The Bertz CT molecular complexity index is 361. The molecular formula is C11H15N3O. The van der Waals surface area contributed by atoms with Gasteiger partial charge in [0.05, 0.1) is 0 Å². The fraction of sp³-hybridized carbons (Fsp3) is 0.455. The zero-order chi connectivity index (χ0) is 10.7. The summed E-state index contributed by atoms with van der Waals surface area (Å²) in [7, 11) is 0. The number of carbonyl (C=O) groups excluding carboxylic acids is 1. The van der Waals surface area contributed by atoms with E-state index in [1.54, 1.807) is 18.5 Å². The van der Waals surface area contributed by atoms with Crippen molar-refractivity contribution < 1.29 is 4.79 Å². The number of aromatic nitrogens is 1. The molecule has 2 N–H and O–H groups in total. The van der Waals surface area contributed by atoms with Gasteiger partial charge < -0.3 is 10.6 Å². The van der Waals surface area contributed by atoms with Crippen LogP contribution in [-0.4, -0.2) is 17.1 Å². The van der Waals surface area contributed by atoms with E-state index >= 15 is 0 Å². The van der Waals surface area contributed by atoms with Crippen molar-refractivity contribution in [2.24, 2.45) is 0 Å². The highest BCUT2D eigenvalue weighted by Gasteiger charge is 2.19. The Hall–Kier alpha value is -1.58. The molecule has 1 aromatic heterocycles. The molecule has 0 radical (unpaired) electrons. The van der Waals surface area contributed by atoms with Crippen LogP contribution in [0, 0.1) is 6.92 Å². The zero-order valence-corrected chi connectivity index (χ0v) is 8.79. The molecule has 0 aliphatic heterocycles. The number of carbonyl (C=O) groups is 1. The summed E-state index contributed by atoms with van der Waals surface area (Å²) < 4.78 is 0. The first-order chi connectivity index (χ1) is 7.25. The molecule has 1 heterocycles. The third-order valence-electron chi connectivity index (χ3n) is 2.71. The Morgan fingerprint density at radius 1 is 1.53 bits per heavy atom. The van der Waals surface area contributed by atoms with E-state index in [9.17, 15) is 4.79 Å². The molecular weight excluding hydrogens is 190 g/mol. The van der Waals surface area contributed by atoms with Gasteiger partial charge in [0.1, 0.15) is 0 Å². The van der Waals surface area contributed by atoms with Crippen molar-refractivity contribution in [1.82, 2.24) is 10.3 Å². The Morgan fingerprint density at radius 2 is 2.33 bits per heavy atom. The second-order valence-corrected chi connectivity index (χ2v) is 3.92. The van der Waals surface area contributed by atoms with Gasteiger partial charge in [-0.15, -0.1) is 0 Å². The monoisotopic (exact) mass is 205 g/mol. The molecule has 2 amide bonds. The van der Waals surface area contributed by atoms with Gasteiger partial charge in [-0.2, -0.15) is 0 Å². The third-order valence-corrected chi connectivity index (χ3v) is 2.71. The summed E-state index contributed by atoms with van der Waals surface area (Å²) in [6, 6.07) is 2.05. The SMILES string of the molecule is Cc1cnccc1NC(=O)NC1CCC1. The first-order valence-corrected chi connectivity index (χ1v) is 5.24. The summed E-state index contributed by atoms with van der Waals surface area (Å²) in [6.07, 6.45) is 6.83. The summed E-state index contributed by atoms with van der Waals surface area (Å²) in [5.41, 5.74) is 1.79. The molecule has 0 saturated heterocycles. The lowest BCUT2D eigenvalue weighted by atomic mass is 9.93. The van der Waals surface area contributed by atoms with Gasteiger partial charge in [-0.05, 0) is 37.8 Å². The first kappa shape index (κ1) is 9.96. The molecule has 2 rings (SSSR count). The lowest BCUT2D eigenvalue weighted by Gasteiger charge is -2.26. The van der Waals surface area contributed by atoms with Gasteiger partial charge in [-0.25, -0.2) is 4.79 Å². The molecule has 1 saturated carbocycles. The molecule has 1 aliphatic carbocycles. The van der Waals surface area contributed by atoms with Crippen molar-refractivity contribution in [2.75, 3.05) is 5.32 Å². The predicted molar refractivity (Wildman–Crippen MR) is 58.8 cm³/mol. The number of aryl methyl sites for hydroxylation is 1. The van der Waals surface area contributed by atoms with Crippen LogP contribution in [0.25, 0.3) is 0 Å². The van der Waals surface area contributed by atoms with Crippen LogP contribution in [0.2, 0.25) is 0 Å². The van der Waals surface area contributed by atoms with Crippen LogP contribution >= 0.6 is 0 Å². The lowest BCUT2D eigenvalue weighted by molar-refractivity contribution is 0.240. The van der Waals surface area contributed by atoms with Gasteiger partial charge >= 0.3 is 6.03 Å². The highest BCUT2D eigenvalue weighted by molar-refractivity contribution is 5.90. The molecule has 1 aliphatic rings. The highest BCUT2D eigenvalue weighted by atomic mass is 16.2. The fourth-order valence-corrected chi connectivity index (χ4v) is 1.51. The second kappa shape index (κ2) is 4.29.